The largest absolute Gasteiger partial charge is 0.425 e. The lowest BCUT2D eigenvalue weighted by Crippen LogP contribution is -2.41. The summed E-state index contributed by atoms with van der Waals surface area (Å²) in [6, 6.07) is 21.2. The summed E-state index contributed by atoms with van der Waals surface area (Å²) in [4.78, 5) is 15.1. The highest BCUT2D eigenvalue weighted by atomic mass is 32.2. The smallest absolute Gasteiger partial charge is 0.415 e. The predicted molar refractivity (Wildman–Crippen MR) is 159 cm³/mol. The fourth-order valence-electron chi connectivity index (χ4n) is 4.70. The SMILES string of the molecule is CC(C)(C)c1ccc(S(=O)(=O)Nc2ccc3oc(OC(=O)NCCN4CCOCC4)c(-c4ccccc4)c3c2)cc1. The third-order valence-corrected chi connectivity index (χ3v) is 8.38. The van der Waals surface area contributed by atoms with Gasteiger partial charge in [-0.2, -0.15) is 0 Å². The van der Waals surface area contributed by atoms with E-state index in [0.717, 1.165) is 24.2 Å². The van der Waals surface area contributed by atoms with E-state index in [-0.39, 0.29) is 16.3 Å². The van der Waals surface area contributed by atoms with Crippen molar-refractivity contribution >= 4 is 32.8 Å². The maximum absolute atomic E-state index is 13.2. The molecule has 1 amide bonds. The number of carbonyl (C=O) groups is 1. The Balaban J connectivity index is 1.38. The van der Waals surface area contributed by atoms with Gasteiger partial charge in [0.2, 0.25) is 0 Å². The lowest BCUT2D eigenvalue weighted by molar-refractivity contribution is 0.0385. The Labute approximate surface area is 240 Å². The number of sulfonamides is 1. The highest BCUT2D eigenvalue weighted by Gasteiger charge is 2.23. The summed E-state index contributed by atoms with van der Waals surface area (Å²) >= 11 is 0. The molecule has 3 aromatic carbocycles. The molecule has 10 heteroatoms. The zero-order chi connectivity index (χ0) is 29.0. The van der Waals surface area contributed by atoms with E-state index in [9.17, 15) is 13.2 Å². The molecule has 0 radical (unpaired) electrons. The van der Waals surface area contributed by atoms with Gasteiger partial charge in [0, 0.05) is 37.3 Å². The molecule has 9 nitrogen and oxygen atoms in total. The van der Waals surface area contributed by atoms with Gasteiger partial charge in [0.15, 0.2) is 0 Å². The number of nitrogens with zero attached hydrogens (tertiary/aromatic N) is 1. The Morgan fingerprint density at radius 1 is 0.976 bits per heavy atom. The van der Waals surface area contributed by atoms with E-state index < -0.39 is 16.1 Å². The number of rotatable bonds is 8. The van der Waals surface area contributed by atoms with Crippen molar-refractivity contribution in [1.29, 1.82) is 0 Å². The average molecular weight is 578 g/mol. The third kappa shape index (κ3) is 6.90. The molecule has 0 bridgehead atoms. The Morgan fingerprint density at radius 2 is 1.68 bits per heavy atom. The molecule has 0 saturated carbocycles. The summed E-state index contributed by atoms with van der Waals surface area (Å²) in [6.45, 7) is 10.4. The first kappa shape index (κ1) is 28.7. The van der Waals surface area contributed by atoms with Gasteiger partial charge in [0.05, 0.1) is 23.7 Å². The first-order chi connectivity index (χ1) is 19.6. The van der Waals surface area contributed by atoms with Crippen molar-refractivity contribution in [2.75, 3.05) is 44.1 Å². The number of furan rings is 1. The highest BCUT2D eigenvalue weighted by Crippen LogP contribution is 2.41. The van der Waals surface area contributed by atoms with Crippen LogP contribution in [0, 0.1) is 0 Å². The molecule has 1 saturated heterocycles. The molecule has 0 spiro atoms. The molecular formula is C31H35N3O6S. The van der Waals surface area contributed by atoms with Gasteiger partial charge in [-0.1, -0.05) is 63.2 Å². The second kappa shape index (κ2) is 11.9. The maximum Gasteiger partial charge on any atom is 0.415 e. The summed E-state index contributed by atoms with van der Waals surface area (Å²) in [5.41, 5.74) is 3.09. The molecule has 0 atom stereocenters. The van der Waals surface area contributed by atoms with Crippen LogP contribution in [0.1, 0.15) is 26.3 Å². The van der Waals surface area contributed by atoms with Crippen LogP contribution in [0.25, 0.3) is 22.1 Å². The van der Waals surface area contributed by atoms with Crippen LogP contribution in [-0.2, 0) is 20.2 Å². The number of amides is 1. The van der Waals surface area contributed by atoms with Gasteiger partial charge < -0.3 is 19.2 Å². The Morgan fingerprint density at radius 3 is 2.37 bits per heavy atom. The van der Waals surface area contributed by atoms with E-state index in [1.807, 2.05) is 42.5 Å². The van der Waals surface area contributed by atoms with Crippen molar-refractivity contribution in [3.63, 3.8) is 0 Å². The molecule has 41 heavy (non-hydrogen) atoms. The fraction of sp³-hybridized carbons (Fsp3) is 0.323. The van der Waals surface area contributed by atoms with Crippen LogP contribution in [0.5, 0.6) is 5.95 Å². The van der Waals surface area contributed by atoms with Crippen molar-refractivity contribution in [1.82, 2.24) is 10.2 Å². The number of hydrogen-bond donors (Lipinski definition) is 2. The van der Waals surface area contributed by atoms with Crippen molar-refractivity contribution < 1.29 is 27.1 Å². The first-order valence-electron chi connectivity index (χ1n) is 13.6. The van der Waals surface area contributed by atoms with Crippen LogP contribution in [-0.4, -0.2) is 58.8 Å². The monoisotopic (exact) mass is 577 g/mol. The normalized spacial score (nSPS) is 14.6. The Kier molecular flexibility index (Phi) is 8.35. The Hall–Kier alpha value is -3.86. The highest BCUT2D eigenvalue weighted by molar-refractivity contribution is 7.92. The average Bonchev–Trinajstić information content (AvgIpc) is 3.30. The molecule has 2 heterocycles. The van der Waals surface area contributed by atoms with Gasteiger partial charge in [-0.15, -0.1) is 0 Å². The van der Waals surface area contributed by atoms with E-state index in [4.69, 9.17) is 13.9 Å². The minimum atomic E-state index is -3.84. The minimum Gasteiger partial charge on any atom is -0.425 e. The van der Waals surface area contributed by atoms with Gasteiger partial charge in [-0.25, -0.2) is 13.2 Å². The number of nitrogens with one attached hydrogen (secondary N) is 2. The molecule has 1 aliphatic rings. The van der Waals surface area contributed by atoms with Gasteiger partial charge in [0.1, 0.15) is 5.58 Å². The van der Waals surface area contributed by atoms with E-state index in [1.165, 1.54) is 0 Å². The van der Waals surface area contributed by atoms with Crippen molar-refractivity contribution in [2.24, 2.45) is 0 Å². The Bertz CT molecular complexity index is 1600. The van der Waals surface area contributed by atoms with Gasteiger partial charge >= 0.3 is 12.0 Å². The molecule has 0 unspecified atom stereocenters. The summed E-state index contributed by atoms with van der Waals surface area (Å²) in [5, 5.41) is 3.39. The molecule has 2 N–H and O–H groups in total. The number of carbonyl (C=O) groups excluding carboxylic acids is 1. The molecule has 1 aromatic heterocycles. The minimum absolute atomic E-state index is 0.0350. The molecular weight excluding hydrogens is 542 g/mol. The number of hydrogen-bond acceptors (Lipinski definition) is 7. The zero-order valence-electron chi connectivity index (χ0n) is 23.5. The van der Waals surface area contributed by atoms with Crippen LogP contribution in [0.15, 0.2) is 82.1 Å². The summed E-state index contributed by atoms with van der Waals surface area (Å²) < 4.78 is 46.0. The first-order valence-corrected chi connectivity index (χ1v) is 15.1. The molecule has 5 rings (SSSR count). The number of morpholine rings is 1. The van der Waals surface area contributed by atoms with Gasteiger partial charge in [0.25, 0.3) is 10.0 Å². The van der Waals surface area contributed by atoms with Gasteiger partial charge in [-0.3, -0.25) is 9.62 Å². The number of anilines is 1. The molecule has 1 fully saturated rings. The summed E-state index contributed by atoms with van der Waals surface area (Å²) in [7, 11) is -3.84. The van der Waals surface area contributed by atoms with E-state index in [2.05, 4.69) is 35.7 Å². The molecule has 4 aromatic rings. The quantitative estimate of drug-likeness (QED) is 0.280. The van der Waals surface area contributed by atoms with Gasteiger partial charge in [-0.05, 0) is 46.9 Å². The van der Waals surface area contributed by atoms with Crippen molar-refractivity contribution in [3.8, 4) is 17.1 Å². The fourth-order valence-corrected chi connectivity index (χ4v) is 5.75. The number of fused-ring (bicyclic) bond motifs is 1. The summed E-state index contributed by atoms with van der Waals surface area (Å²) in [6.07, 6.45) is -0.630. The number of ether oxygens (including phenoxy) is 2. The topological polar surface area (TPSA) is 110 Å². The second-order valence-corrected chi connectivity index (χ2v) is 12.7. The van der Waals surface area contributed by atoms with Crippen molar-refractivity contribution in [3.05, 3.63) is 78.4 Å². The lowest BCUT2D eigenvalue weighted by Gasteiger charge is -2.26. The van der Waals surface area contributed by atoms with Crippen LogP contribution in [0.2, 0.25) is 0 Å². The van der Waals surface area contributed by atoms with Crippen LogP contribution in [0.4, 0.5) is 10.5 Å². The van der Waals surface area contributed by atoms with Crippen LogP contribution >= 0.6 is 0 Å². The van der Waals surface area contributed by atoms with E-state index >= 15 is 0 Å². The summed E-state index contributed by atoms with van der Waals surface area (Å²) in [5.74, 6) is 0.0350. The van der Waals surface area contributed by atoms with Crippen LogP contribution in [0.3, 0.4) is 0 Å². The standard InChI is InChI=1S/C31H35N3O6S/c1-31(2,3)23-9-12-25(13-10-23)41(36,37)33-24-11-14-27-26(21-24)28(22-7-5-4-6-8-22)29(39-27)40-30(35)32-15-16-34-17-19-38-20-18-34/h4-14,21,33H,15-20H2,1-3H3,(H,32,35). The predicted octanol–water partition coefficient (Wildman–Crippen LogP) is 5.62. The maximum atomic E-state index is 13.2. The third-order valence-electron chi connectivity index (χ3n) is 6.99. The van der Waals surface area contributed by atoms with E-state index in [1.54, 1.807) is 30.3 Å². The molecule has 1 aliphatic heterocycles. The lowest BCUT2D eigenvalue weighted by atomic mass is 9.87. The van der Waals surface area contributed by atoms with E-state index in [0.29, 0.717) is 48.5 Å². The molecule has 0 aliphatic carbocycles. The number of benzene rings is 3. The van der Waals surface area contributed by atoms with Crippen LogP contribution < -0.4 is 14.8 Å². The zero-order valence-corrected chi connectivity index (χ0v) is 24.3. The van der Waals surface area contributed by atoms with Crippen molar-refractivity contribution in [2.45, 2.75) is 31.1 Å². The molecule has 216 valence electrons. The second-order valence-electron chi connectivity index (χ2n) is 11.0.